The topological polar surface area (TPSA) is 126 Å². The number of nitrogen functional groups attached to an aromatic ring is 1. The average molecular weight is 260 g/mol. The zero-order chi connectivity index (χ0) is 13.6. The lowest BCUT2D eigenvalue weighted by Gasteiger charge is -1.95. The van der Waals surface area contributed by atoms with Crippen molar-refractivity contribution in [2.45, 2.75) is 0 Å². The van der Waals surface area contributed by atoms with Crippen LogP contribution in [0, 0.1) is 10.1 Å². The maximum atomic E-state index is 10.6. The van der Waals surface area contributed by atoms with Crippen molar-refractivity contribution < 1.29 is 9.34 Å². The van der Waals surface area contributed by atoms with Crippen molar-refractivity contribution in [3.63, 3.8) is 0 Å². The third-order valence-electron chi connectivity index (χ3n) is 2.66. The van der Waals surface area contributed by atoms with Crippen LogP contribution in [0.4, 0.5) is 11.7 Å². The third-order valence-corrected chi connectivity index (χ3v) is 2.66. The molecule has 2 N–H and O–H groups in total. The number of hydrogen-bond donors (Lipinski definition) is 1. The van der Waals surface area contributed by atoms with E-state index in [9.17, 15) is 10.1 Å². The number of rotatable bonds is 2. The molecule has 0 amide bonds. The second kappa shape index (κ2) is 3.77. The predicted molar refractivity (Wildman–Crippen MR) is 65.1 cm³/mol. The molecule has 0 fully saturated rings. The molecule has 3 heterocycles. The summed E-state index contributed by atoms with van der Waals surface area (Å²) >= 11 is 0. The molecule has 0 aliphatic rings. The molecular formula is C10H8N6O3. The summed E-state index contributed by atoms with van der Waals surface area (Å²) in [5.41, 5.74) is 6.70. The molecule has 19 heavy (non-hydrogen) atoms. The van der Waals surface area contributed by atoms with Gasteiger partial charge in [0.15, 0.2) is 11.4 Å². The largest absolute Gasteiger partial charge is 0.433 e. The minimum absolute atomic E-state index is 0.243. The van der Waals surface area contributed by atoms with Crippen LogP contribution in [0.3, 0.4) is 0 Å². The first-order valence-corrected chi connectivity index (χ1v) is 5.25. The van der Waals surface area contributed by atoms with Gasteiger partial charge in [-0.2, -0.15) is 5.10 Å². The molecule has 0 atom stereocenters. The van der Waals surface area contributed by atoms with E-state index in [0.717, 1.165) is 0 Å². The van der Waals surface area contributed by atoms with Crippen LogP contribution in [0.5, 0.6) is 0 Å². The number of aryl methyl sites for hydroxylation is 1. The van der Waals surface area contributed by atoms with Crippen molar-refractivity contribution in [3.8, 4) is 11.5 Å². The van der Waals surface area contributed by atoms with Crippen molar-refractivity contribution in [1.29, 1.82) is 0 Å². The molecule has 3 aromatic heterocycles. The van der Waals surface area contributed by atoms with E-state index in [1.165, 1.54) is 23.1 Å². The summed E-state index contributed by atoms with van der Waals surface area (Å²) < 4.78 is 6.63. The summed E-state index contributed by atoms with van der Waals surface area (Å²) in [5, 5.41) is 15.3. The van der Waals surface area contributed by atoms with Gasteiger partial charge in [0, 0.05) is 7.05 Å². The first-order valence-electron chi connectivity index (χ1n) is 5.25. The second-order valence-corrected chi connectivity index (χ2v) is 3.82. The Kier molecular flexibility index (Phi) is 2.21. The Labute approximate surface area is 105 Å². The molecule has 0 spiro atoms. The fourth-order valence-corrected chi connectivity index (χ4v) is 1.83. The Morgan fingerprint density at radius 3 is 2.89 bits per heavy atom. The number of furan rings is 1. The van der Waals surface area contributed by atoms with E-state index in [1.807, 2.05) is 0 Å². The highest BCUT2D eigenvalue weighted by Gasteiger charge is 2.20. The van der Waals surface area contributed by atoms with E-state index in [1.54, 1.807) is 7.05 Å². The second-order valence-electron chi connectivity index (χ2n) is 3.82. The van der Waals surface area contributed by atoms with Crippen LogP contribution in [-0.4, -0.2) is 24.7 Å². The van der Waals surface area contributed by atoms with Gasteiger partial charge in [-0.05, 0) is 6.07 Å². The summed E-state index contributed by atoms with van der Waals surface area (Å²) in [6.07, 6.45) is 1.33. The van der Waals surface area contributed by atoms with Crippen LogP contribution in [0.2, 0.25) is 0 Å². The smallest absolute Gasteiger partial charge is 0.399 e. The molecule has 0 saturated heterocycles. The lowest BCUT2D eigenvalue weighted by molar-refractivity contribution is -0.401. The van der Waals surface area contributed by atoms with Gasteiger partial charge in [0.05, 0.1) is 11.5 Å². The van der Waals surface area contributed by atoms with Gasteiger partial charge in [-0.25, -0.2) is 14.6 Å². The highest BCUT2D eigenvalue weighted by Crippen LogP contribution is 2.32. The van der Waals surface area contributed by atoms with E-state index < -0.39 is 4.92 Å². The fraction of sp³-hybridized carbons (Fsp3) is 0.100. The van der Waals surface area contributed by atoms with Crippen molar-refractivity contribution in [3.05, 3.63) is 28.6 Å². The highest BCUT2D eigenvalue weighted by atomic mass is 16.6. The molecular weight excluding hydrogens is 252 g/mol. The van der Waals surface area contributed by atoms with Crippen LogP contribution >= 0.6 is 0 Å². The average Bonchev–Trinajstić information content (AvgIpc) is 2.95. The first kappa shape index (κ1) is 11.1. The number of hydrogen-bond acceptors (Lipinski definition) is 7. The van der Waals surface area contributed by atoms with Crippen LogP contribution < -0.4 is 5.73 Å². The molecule has 0 saturated carbocycles. The summed E-state index contributed by atoms with van der Waals surface area (Å²) in [5.74, 6) is 0.134. The maximum absolute atomic E-state index is 10.6. The van der Waals surface area contributed by atoms with Gasteiger partial charge in [-0.15, -0.1) is 0 Å². The van der Waals surface area contributed by atoms with Crippen LogP contribution in [0.15, 0.2) is 22.9 Å². The van der Waals surface area contributed by atoms with Gasteiger partial charge < -0.3 is 10.2 Å². The number of nitro groups is 1. The Balaban J connectivity index is 2.27. The molecule has 0 aliphatic heterocycles. The number of aromatic nitrogens is 4. The summed E-state index contributed by atoms with van der Waals surface area (Å²) in [6.45, 7) is 0. The number of nitrogens with two attached hydrogens (primary N) is 1. The van der Waals surface area contributed by atoms with E-state index in [4.69, 9.17) is 10.2 Å². The van der Waals surface area contributed by atoms with Gasteiger partial charge in [0.25, 0.3) is 0 Å². The molecule has 0 unspecified atom stereocenters. The first-order chi connectivity index (χ1) is 9.08. The van der Waals surface area contributed by atoms with Crippen LogP contribution in [-0.2, 0) is 7.05 Å². The van der Waals surface area contributed by atoms with Crippen LogP contribution in [0.1, 0.15) is 0 Å². The zero-order valence-corrected chi connectivity index (χ0v) is 9.77. The monoisotopic (exact) mass is 260 g/mol. The Morgan fingerprint density at radius 1 is 1.42 bits per heavy atom. The van der Waals surface area contributed by atoms with Crippen molar-refractivity contribution >= 4 is 22.7 Å². The van der Waals surface area contributed by atoms with Gasteiger partial charge in [-0.1, -0.05) is 0 Å². The van der Waals surface area contributed by atoms with E-state index in [0.29, 0.717) is 16.7 Å². The summed E-state index contributed by atoms with van der Waals surface area (Å²) in [6, 6.07) is 2.72. The Morgan fingerprint density at radius 2 is 2.21 bits per heavy atom. The highest BCUT2D eigenvalue weighted by molar-refractivity contribution is 5.97. The Hall–Kier alpha value is -2.97. The SMILES string of the molecule is Cn1nc(-c2ccc([N+](=O)[O-])o2)c2c(N)ncnc21. The molecule has 0 aromatic carbocycles. The molecule has 96 valence electrons. The minimum Gasteiger partial charge on any atom is -0.399 e. The molecule has 0 radical (unpaired) electrons. The molecule has 3 aromatic rings. The molecule has 9 heteroatoms. The van der Waals surface area contributed by atoms with Crippen molar-refractivity contribution in [1.82, 2.24) is 19.7 Å². The van der Waals surface area contributed by atoms with Crippen molar-refractivity contribution in [2.24, 2.45) is 7.05 Å². The number of fused-ring (bicyclic) bond motifs is 1. The third kappa shape index (κ3) is 1.59. The summed E-state index contributed by atoms with van der Waals surface area (Å²) in [4.78, 5) is 18.0. The minimum atomic E-state index is -0.617. The van der Waals surface area contributed by atoms with Crippen molar-refractivity contribution in [2.75, 3.05) is 5.73 Å². The van der Waals surface area contributed by atoms with Gasteiger partial charge in [0.2, 0.25) is 0 Å². The predicted octanol–water partition coefficient (Wildman–Crippen LogP) is 1.11. The lowest BCUT2D eigenvalue weighted by Crippen LogP contribution is -1.95. The Bertz CT molecular complexity index is 790. The summed E-state index contributed by atoms with van der Waals surface area (Å²) in [7, 11) is 1.69. The quantitative estimate of drug-likeness (QED) is 0.540. The standard InChI is InChI=1S/C10H8N6O3/c1-15-10-7(9(11)12-4-13-10)8(14-15)5-2-3-6(19-5)16(17)18/h2-4H,1H3,(H2,11,12,13). The van der Waals surface area contributed by atoms with E-state index in [2.05, 4.69) is 15.1 Å². The maximum Gasteiger partial charge on any atom is 0.433 e. The van der Waals surface area contributed by atoms with Crippen LogP contribution in [0.25, 0.3) is 22.5 Å². The normalized spacial score (nSPS) is 11.0. The molecule has 9 nitrogen and oxygen atoms in total. The van der Waals surface area contributed by atoms with E-state index >= 15 is 0 Å². The lowest BCUT2D eigenvalue weighted by atomic mass is 10.2. The van der Waals surface area contributed by atoms with Gasteiger partial charge in [-0.3, -0.25) is 10.1 Å². The van der Waals surface area contributed by atoms with Gasteiger partial charge >= 0.3 is 5.88 Å². The zero-order valence-electron chi connectivity index (χ0n) is 9.77. The molecule has 0 aliphatic carbocycles. The molecule has 0 bridgehead atoms. The molecule has 3 rings (SSSR count). The fourth-order valence-electron chi connectivity index (χ4n) is 1.83. The van der Waals surface area contributed by atoms with E-state index in [-0.39, 0.29) is 17.5 Å². The number of anilines is 1. The number of nitrogens with zero attached hydrogens (tertiary/aromatic N) is 5. The van der Waals surface area contributed by atoms with Gasteiger partial charge in [0.1, 0.15) is 22.8 Å².